The summed E-state index contributed by atoms with van der Waals surface area (Å²) >= 11 is 0. The maximum absolute atomic E-state index is 14.1. The molecule has 1 saturated carbocycles. The average Bonchev–Trinajstić information content (AvgIpc) is 3.50. The van der Waals surface area contributed by atoms with Gasteiger partial charge in [0, 0.05) is 11.4 Å². The van der Waals surface area contributed by atoms with Crippen LogP contribution in [0.3, 0.4) is 0 Å². The van der Waals surface area contributed by atoms with Crippen LogP contribution in [0.2, 0.25) is 0 Å². The van der Waals surface area contributed by atoms with Gasteiger partial charge in [-0.25, -0.2) is 9.07 Å². The lowest BCUT2D eigenvalue weighted by Gasteiger charge is -2.08. The summed E-state index contributed by atoms with van der Waals surface area (Å²) in [6, 6.07) is 4.05. The third-order valence-corrected chi connectivity index (χ3v) is 4.99. The summed E-state index contributed by atoms with van der Waals surface area (Å²) in [7, 11) is 0. The maximum atomic E-state index is 14.1. The lowest BCUT2D eigenvalue weighted by atomic mass is 10.1. The maximum Gasteiger partial charge on any atom is 0.231 e. The molecule has 0 aliphatic heterocycles. The number of carbonyl (C=O) groups excluding carboxylic acids is 2. The fraction of sp³-hybridized carbons (Fsp3) is 0.409. The number of hydrogen-bond donors (Lipinski definition) is 3. The molecule has 0 aromatic carbocycles. The first-order valence-electron chi connectivity index (χ1n) is 10.5. The Kier molecular flexibility index (Phi) is 7.69. The van der Waals surface area contributed by atoms with E-state index >= 15 is 0 Å². The molecule has 9 nitrogen and oxygen atoms in total. The SMILES string of the molecule is Cc1cc(C2CC2)cc(CC(=O)N/C(N)=C/C=C(\N)CCC(F)Cn2cc(C=O)nn2)n1. The van der Waals surface area contributed by atoms with E-state index in [0.717, 1.165) is 5.69 Å². The van der Waals surface area contributed by atoms with E-state index in [-0.39, 0.29) is 36.8 Å². The first-order chi connectivity index (χ1) is 15.3. The van der Waals surface area contributed by atoms with Gasteiger partial charge in [-0.15, -0.1) is 5.10 Å². The Morgan fingerprint density at radius 3 is 2.81 bits per heavy atom. The molecular formula is C22H28FN7O2. The molecule has 1 atom stereocenters. The van der Waals surface area contributed by atoms with Crippen LogP contribution in [0.5, 0.6) is 0 Å². The van der Waals surface area contributed by atoms with Crippen molar-refractivity contribution in [3.63, 3.8) is 0 Å². The molecule has 1 amide bonds. The van der Waals surface area contributed by atoms with Crippen molar-refractivity contribution in [1.82, 2.24) is 25.3 Å². The van der Waals surface area contributed by atoms with E-state index in [2.05, 4.69) is 26.7 Å². The Labute approximate surface area is 185 Å². The van der Waals surface area contributed by atoms with Gasteiger partial charge in [-0.3, -0.25) is 14.6 Å². The Bertz CT molecular complexity index is 1030. The summed E-state index contributed by atoms with van der Waals surface area (Å²) in [5.74, 6) is 0.469. The predicted octanol–water partition coefficient (Wildman–Crippen LogP) is 1.79. The van der Waals surface area contributed by atoms with Crippen LogP contribution in [-0.4, -0.2) is 38.3 Å². The van der Waals surface area contributed by atoms with Gasteiger partial charge in [0.05, 0.1) is 24.9 Å². The third kappa shape index (κ3) is 7.29. The van der Waals surface area contributed by atoms with Crippen molar-refractivity contribution in [2.24, 2.45) is 11.5 Å². The van der Waals surface area contributed by atoms with E-state index in [4.69, 9.17) is 11.5 Å². The first-order valence-corrected chi connectivity index (χ1v) is 10.5. The van der Waals surface area contributed by atoms with Crippen LogP contribution in [0, 0.1) is 6.92 Å². The van der Waals surface area contributed by atoms with Gasteiger partial charge in [0.2, 0.25) is 5.91 Å². The van der Waals surface area contributed by atoms with Gasteiger partial charge in [-0.05, 0) is 68.4 Å². The number of hydrogen-bond acceptors (Lipinski definition) is 7. The minimum Gasteiger partial charge on any atom is -0.402 e. The van der Waals surface area contributed by atoms with Crippen molar-refractivity contribution < 1.29 is 14.0 Å². The monoisotopic (exact) mass is 441 g/mol. The van der Waals surface area contributed by atoms with Crippen molar-refractivity contribution in [2.75, 3.05) is 0 Å². The Morgan fingerprint density at radius 1 is 1.34 bits per heavy atom. The van der Waals surface area contributed by atoms with Gasteiger partial charge in [0.1, 0.15) is 17.7 Å². The number of aromatic nitrogens is 4. The number of nitrogens with zero attached hydrogens (tertiary/aromatic N) is 4. The first kappa shape index (κ1) is 23.1. The molecule has 5 N–H and O–H groups in total. The zero-order chi connectivity index (χ0) is 23.1. The van der Waals surface area contributed by atoms with Crippen molar-refractivity contribution in [1.29, 1.82) is 0 Å². The summed E-state index contributed by atoms with van der Waals surface area (Å²) in [4.78, 5) is 27.3. The standard InChI is InChI=1S/C22H28FN7O2/c1-14-8-16(15-2-3-15)9-19(26-14)10-22(32)27-21(25)7-6-18(24)5-4-17(23)11-30-12-20(13-31)28-29-30/h6-9,12-13,15,17H,2-5,10-11,24-25H2,1H3,(H,27,32)/b18-6-,21-7+. The molecule has 1 fully saturated rings. The summed E-state index contributed by atoms with van der Waals surface area (Å²) in [6.07, 6.45) is 6.71. The van der Waals surface area contributed by atoms with Crippen LogP contribution in [0.25, 0.3) is 0 Å². The second-order valence-electron chi connectivity index (χ2n) is 8.02. The van der Waals surface area contributed by atoms with E-state index < -0.39 is 6.17 Å². The Morgan fingerprint density at radius 2 is 2.12 bits per heavy atom. The van der Waals surface area contributed by atoms with Crippen molar-refractivity contribution in [3.05, 3.63) is 64.6 Å². The predicted molar refractivity (Wildman–Crippen MR) is 117 cm³/mol. The summed E-state index contributed by atoms with van der Waals surface area (Å²) < 4.78 is 15.4. The number of halogens is 1. The molecule has 10 heteroatoms. The lowest BCUT2D eigenvalue weighted by molar-refractivity contribution is -0.119. The van der Waals surface area contributed by atoms with E-state index in [1.54, 1.807) is 6.08 Å². The molecule has 0 spiro atoms. The molecule has 3 rings (SSSR count). The van der Waals surface area contributed by atoms with Gasteiger partial charge in [-0.2, -0.15) is 0 Å². The fourth-order valence-corrected chi connectivity index (χ4v) is 3.27. The molecule has 0 saturated heterocycles. The van der Waals surface area contributed by atoms with Crippen LogP contribution in [0.15, 0.2) is 42.0 Å². The third-order valence-electron chi connectivity index (χ3n) is 4.99. The number of nitrogens with one attached hydrogen (secondary N) is 1. The largest absolute Gasteiger partial charge is 0.402 e. The number of carbonyl (C=O) groups is 2. The van der Waals surface area contributed by atoms with Crippen LogP contribution in [0.1, 0.15) is 59.0 Å². The number of rotatable bonds is 11. The highest BCUT2D eigenvalue weighted by Crippen LogP contribution is 2.40. The minimum absolute atomic E-state index is 0.0163. The number of nitrogens with two attached hydrogens (primary N) is 2. The van der Waals surface area contributed by atoms with Gasteiger partial charge in [0.15, 0.2) is 6.29 Å². The molecule has 0 bridgehead atoms. The van der Waals surface area contributed by atoms with Crippen molar-refractivity contribution in [2.45, 2.75) is 57.7 Å². The second-order valence-corrected chi connectivity index (χ2v) is 8.02. The quantitative estimate of drug-likeness (QED) is 0.356. The highest BCUT2D eigenvalue weighted by molar-refractivity contribution is 5.79. The summed E-state index contributed by atoms with van der Waals surface area (Å²) in [5, 5.41) is 9.87. The summed E-state index contributed by atoms with van der Waals surface area (Å²) in [6.45, 7) is 1.91. The molecule has 1 aliphatic rings. The van der Waals surface area contributed by atoms with Crippen LogP contribution < -0.4 is 16.8 Å². The van der Waals surface area contributed by atoms with E-state index in [1.165, 1.54) is 35.4 Å². The summed E-state index contributed by atoms with van der Waals surface area (Å²) in [5.41, 5.74) is 15.2. The normalized spacial score (nSPS) is 15.4. The van der Waals surface area contributed by atoms with Gasteiger partial charge < -0.3 is 16.8 Å². The number of amides is 1. The Hall–Kier alpha value is -3.56. The van der Waals surface area contributed by atoms with Gasteiger partial charge in [-0.1, -0.05) is 5.21 Å². The molecular weight excluding hydrogens is 413 g/mol. The van der Waals surface area contributed by atoms with Gasteiger partial charge >= 0.3 is 0 Å². The number of aryl methyl sites for hydroxylation is 1. The fourth-order valence-electron chi connectivity index (χ4n) is 3.27. The average molecular weight is 442 g/mol. The molecule has 2 heterocycles. The smallest absolute Gasteiger partial charge is 0.231 e. The molecule has 2 aromatic rings. The van der Waals surface area contributed by atoms with E-state index in [9.17, 15) is 14.0 Å². The minimum atomic E-state index is -1.20. The lowest BCUT2D eigenvalue weighted by Crippen LogP contribution is -2.29. The van der Waals surface area contributed by atoms with Gasteiger partial charge in [0.25, 0.3) is 0 Å². The highest BCUT2D eigenvalue weighted by atomic mass is 19.1. The zero-order valence-corrected chi connectivity index (χ0v) is 18.0. The van der Waals surface area contributed by atoms with Crippen LogP contribution >= 0.6 is 0 Å². The van der Waals surface area contributed by atoms with E-state index in [1.807, 2.05) is 13.0 Å². The number of allylic oxidation sites excluding steroid dienone is 3. The molecule has 170 valence electrons. The van der Waals surface area contributed by atoms with Crippen LogP contribution in [-0.2, 0) is 17.8 Å². The molecule has 1 aliphatic carbocycles. The zero-order valence-electron chi connectivity index (χ0n) is 18.0. The molecule has 1 unspecified atom stereocenters. The van der Waals surface area contributed by atoms with Crippen molar-refractivity contribution in [3.8, 4) is 0 Å². The second kappa shape index (κ2) is 10.7. The van der Waals surface area contributed by atoms with Crippen molar-refractivity contribution >= 4 is 12.2 Å². The number of pyridine rings is 1. The topological polar surface area (TPSA) is 142 Å². The molecule has 0 radical (unpaired) electrons. The van der Waals surface area contributed by atoms with Crippen LogP contribution in [0.4, 0.5) is 4.39 Å². The van der Waals surface area contributed by atoms with E-state index in [0.29, 0.717) is 30.0 Å². The molecule has 2 aromatic heterocycles. The highest BCUT2D eigenvalue weighted by Gasteiger charge is 2.24. The number of alkyl halides is 1. The number of aldehydes is 1. The molecule has 32 heavy (non-hydrogen) atoms. The Balaban J connectivity index is 1.44.